The van der Waals surface area contributed by atoms with Gasteiger partial charge in [0.1, 0.15) is 5.76 Å². The van der Waals surface area contributed by atoms with Gasteiger partial charge in [0.05, 0.1) is 18.3 Å². The standard InChI is InChI=1S/C15H27N3O5S/c1-6-22-8-7-16-24(20,21)10-11(2)14(19)17-13-9-12(23-18-13)15(3,4)5/h9,11,16H,6-8,10H2,1-5H3,(H,17,18,19). The van der Waals surface area contributed by atoms with E-state index in [1.165, 1.54) is 0 Å². The summed E-state index contributed by atoms with van der Waals surface area (Å²) in [6, 6.07) is 1.64. The van der Waals surface area contributed by atoms with E-state index < -0.39 is 21.8 Å². The zero-order chi connectivity index (χ0) is 18.4. The molecule has 0 fully saturated rings. The van der Waals surface area contributed by atoms with Gasteiger partial charge >= 0.3 is 0 Å². The Morgan fingerprint density at radius 2 is 2.08 bits per heavy atom. The lowest BCUT2D eigenvalue weighted by molar-refractivity contribution is -0.118. The molecule has 0 saturated heterocycles. The van der Waals surface area contributed by atoms with Crippen molar-refractivity contribution in [2.75, 3.05) is 30.8 Å². The number of carbonyl (C=O) groups is 1. The van der Waals surface area contributed by atoms with Gasteiger partial charge in [-0.25, -0.2) is 13.1 Å². The summed E-state index contributed by atoms with van der Waals surface area (Å²) in [5.41, 5.74) is -0.227. The van der Waals surface area contributed by atoms with Crippen molar-refractivity contribution in [3.05, 3.63) is 11.8 Å². The van der Waals surface area contributed by atoms with E-state index in [4.69, 9.17) is 9.26 Å². The van der Waals surface area contributed by atoms with Crippen LogP contribution in [0.25, 0.3) is 0 Å². The van der Waals surface area contributed by atoms with E-state index in [1.807, 2.05) is 27.7 Å². The molecule has 0 bridgehead atoms. The van der Waals surface area contributed by atoms with Crippen LogP contribution < -0.4 is 10.0 Å². The number of nitrogens with zero attached hydrogens (tertiary/aromatic N) is 1. The molecule has 1 rings (SSSR count). The predicted octanol–water partition coefficient (Wildman–Crippen LogP) is 1.50. The number of hydrogen-bond acceptors (Lipinski definition) is 6. The first kappa shape index (κ1) is 20.6. The molecule has 24 heavy (non-hydrogen) atoms. The Kier molecular flexibility index (Phi) is 7.37. The summed E-state index contributed by atoms with van der Waals surface area (Å²) in [4.78, 5) is 12.1. The van der Waals surface area contributed by atoms with E-state index >= 15 is 0 Å². The summed E-state index contributed by atoms with van der Waals surface area (Å²) in [5, 5.41) is 6.36. The lowest BCUT2D eigenvalue weighted by Gasteiger charge is -2.13. The maximum Gasteiger partial charge on any atom is 0.229 e. The monoisotopic (exact) mass is 361 g/mol. The normalized spacial score (nSPS) is 13.7. The maximum atomic E-state index is 12.1. The highest BCUT2D eigenvalue weighted by Crippen LogP contribution is 2.24. The topological polar surface area (TPSA) is 111 Å². The molecule has 1 amide bonds. The maximum absolute atomic E-state index is 12.1. The number of nitrogens with one attached hydrogen (secondary N) is 2. The molecule has 8 nitrogen and oxygen atoms in total. The van der Waals surface area contributed by atoms with Gasteiger partial charge in [0.25, 0.3) is 0 Å². The summed E-state index contributed by atoms with van der Waals surface area (Å²) < 4.78 is 36.5. The molecule has 0 radical (unpaired) electrons. The molecule has 1 aromatic heterocycles. The number of aromatic nitrogens is 1. The second-order valence-corrected chi connectivity index (χ2v) is 8.44. The second kappa shape index (κ2) is 8.59. The average molecular weight is 361 g/mol. The fraction of sp³-hybridized carbons (Fsp3) is 0.733. The molecule has 138 valence electrons. The fourth-order valence-corrected chi connectivity index (χ4v) is 3.14. The lowest BCUT2D eigenvalue weighted by atomic mass is 9.93. The second-order valence-electron chi connectivity index (χ2n) is 6.59. The highest BCUT2D eigenvalue weighted by atomic mass is 32.2. The SMILES string of the molecule is CCOCCNS(=O)(=O)CC(C)C(=O)Nc1cc(C(C)(C)C)on1. The number of hydrogen-bond donors (Lipinski definition) is 2. The number of carbonyl (C=O) groups excluding carboxylic acids is 1. The third kappa shape index (κ3) is 6.98. The van der Waals surface area contributed by atoms with Gasteiger partial charge in [-0.15, -0.1) is 0 Å². The van der Waals surface area contributed by atoms with Crippen LogP contribution in [0.5, 0.6) is 0 Å². The molecule has 0 spiro atoms. The van der Waals surface area contributed by atoms with Gasteiger partial charge in [-0.3, -0.25) is 4.79 Å². The third-order valence-corrected chi connectivity index (χ3v) is 4.77. The number of sulfonamides is 1. The van der Waals surface area contributed by atoms with Crippen LogP contribution in [0.4, 0.5) is 5.82 Å². The number of amides is 1. The Labute approximate surface area is 143 Å². The van der Waals surface area contributed by atoms with E-state index in [9.17, 15) is 13.2 Å². The number of rotatable bonds is 9. The Morgan fingerprint density at radius 1 is 1.42 bits per heavy atom. The summed E-state index contributed by atoms with van der Waals surface area (Å²) in [7, 11) is -3.55. The number of anilines is 1. The van der Waals surface area contributed by atoms with Crippen LogP contribution in [0.2, 0.25) is 0 Å². The van der Waals surface area contributed by atoms with Crippen LogP contribution in [-0.4, -0.2) is 45.0 Å². The summed E-state index contributed by atoms with van der Waals surface area (Å²) in [6.45, 7) is 10.3. The quantitative estimate of drug-likeness (QED) is 0.645. The summed E-state index contributed by atoms with van der Waals surface area (Å²) in [6.07, 6.45) is 0. The van der Waals surface area contributed by atoms with Gasteiger partial charge in [-0.1, -0.05) is 32.9 Å². The van der Waals surface area contributed by atoms with Crippen molar-refractivity contribution in [3.8, 4) is 0 Å². The van der Waals surface area contributed by atoms with Crippen LogP contribution in [-0.2, 0) is 25.0 Å². The minimum atomic E-state index is -3.55. The Morgan fingerprint density at radius 3 is 2.62 bits per heavy atom. The van der Waals surface area contributed by atoms with Gasteiger partial charge in [-0.2, -0.15) is 0 Å². The van der Waals surface area contributed by atoms with Crippen molar-refractivity contribution >= 4 is 21.7 Å². The van der Waals surface area contributed by atoms with Crippen LogP contribution in [0.3, 0.4) is 0 Å². The molecule has 0 aliphatic carbocycles. The smallest absolute Gasteiger partial charge is 0.229 e. The van der Waals surface area contributed by atoms with E-state index in [-0.39, 0.29) is 23.5 Å². The van der Waals surface area contributed by atoms with Gasteiger partial charge in [0, 0.05) is 24.6 Å². The zero-order valence-corrected chi connectivity index (χ0v) is 15.7. The van der Waals surface area contributed by atoms with Crippen LogP contribution in [0, 0.1) is 5.92 Å². The van der Waals surface area contributed by atoms with Crippen LogP contribution in [0.1, 0.15) is 40.4 Å². The molecule has 1 aromatic rings. The average Bonchev–Trinajstić information content (AvgIpc) is 2.91. The molecular weight excluding hydrogens is 334 g/mol. The molecule has 1 atom stereocenters. The number of ether oxygens (including phenoxy) is 1. The van der Waals surface area contributed by atoms with Crippen molar-refractivity contribution in [3.63, 3.8) is 0 Å². The van der Waals surface area contributed by atoms with E-state index in [0.717, 1.165) is 0 Å². The zero-order valence-electron chi connectivity index (χ0n) is 14.9. The molecular formula is C15H27N3O5S. The first-order valence-corrected chi connectivity index (χ1v) is 9.53. The Balaban J connectivity index is 2.54. The minimum Gasteiger partial charge on any atom is -0.380 e. The molecule has 0 aromatic carbocycles. The Bertz CT molecular complexity index is 634. The highest BCUT2D eigenvalue weighted by molar-refractivity contribution is 7.89. The lowest BCUT2D eigenvalue weighted by Crippen LogP contribution is -2.35. The molecule has 2 N–H and O–H groups in total. The van der Waals surface area contributed by atoms with Gasteiger partial charge < -0.3 is 14.6 Å². The fourth-order valence-electron chi connectivity index (χ4n) is 1.81. The molecule has 1 heterocycles. The van der Waals surface area contributed by atoms with E-state index in [1.54, 1.807) is 13.0 Å². The molecule has 0 aliphatic heterocycles. The van der Waals surface area contributed by atoms with Gasteiger partial charge in [-0.05, 0) is 6.92 Å². The van der Waals surface area contributed by atoms with Crippen molar-refractivity contribution in [2.45, 2.75) is 40.0 Å². The van der Waals surface area contributed by atoms with E-state index in [0.29, 0.717) is 19.0 Å². The molecule has 0 saturated carbocycles. The first-order valence-electron chi connectivity index (χ1n) is 7.88. The summed E-state index contributed by atoms with van der Waals surface area (Å²) in [5.74, 6) is -0.563. The van der Waals surface area contributed by atoms with Gasteiger partial charge in [0.2, 0.25) is 15.9 Å². The summed E-state index contributed by atoms with van der Waals surface area (Å²) >= 11 is 0. The largest absolute Gasteiger partial charge is 0.380 e. The third-order valence-electron chi connectivity index (χ3n) is 3.19. The highest BCUT2D eigenvalue weighted by Gasteiger charge is 2.24. The molecule has 1 unspecified atom stereocenters. The molecule has 0 aliphatic rings. The van der Waals surface area contributed by atoms with Crippen molar-refractivity contribution < 1.29 is 22.5 Å². The van der Waals surface area contributed by atoms with Crippen molar-refractivity contribution in [1.29, 1.82) is 0 Å². The van der Waals surface area contributed by atoms with Crippen molar-refractivity contribution in [2.24, 2.45) is 5.92 Å². The first-order chi connectivity index (χ1) is 11.0. The Hall–Kier alpha value is -1.45. The minimum absolute atomic E-state index is 0.183. The van der Waals surface area contributed by atoms with Crippen molar-refractivity contribution in [1.82, 2.24) is 9.88 Å². The van der Waals surface area contributed by atoms with Crippen LogP contribution in [0.15, 0.2) is 10.6 Å². The van der Waals surface area contributed by atoms with Crippen LogP contribution >= 0.6 is 0 Å². The van der Waals surface area contributed by atoms with Gasteiger partial charge in [0.15, 0.2) is 5.82 Å². The van der Waals surface area contributed by atoms with E-state index in [2.05, 4.69) is 15.2 Å². The molecule has 9 heteroatoms. The predicted molar refractivity (Wildman–Crippen MR) is 91.3 cm³/mol.